The van der Waals surface area contributed by atoms with Crippen LogP contribution in [-0.2, 0) is 6.54 Å². The first-order valence-corrected chi connectivity index (χ1v) is 8.25. The zero-order valence-corrected chi connectivity index (χ0v) is 14.5. The summed E-state index contributed by atoms with van der Waals surface area (Å²) in [5.74, 6) is -0.220. The number of hydrogen-bond donors (Lipinski definition) is 1. The summed E-state index contributed by atoms with van der Waals surface area (Å²) in [5, 5.41) is 4.13. The quantitative estimate of drug-likeness (QED) is 0.805. The minimum atomic E-state index is -0.220. The third-order valence-electron chi connectivity index (χ3n) is 3.97. The molecule has 0 amide bonds. The molecule has 1 aromatic heterocycles. The van der Waals surface area contributed by atoms with Crippen molar-refractivity contribution in [3.63, 3.8) is 0 Å². The molecule has 122 valence electrons. The fraction of sp³-hybridized carbons (Fsp3) is 0.389. The number of thiocarbonyl (C=S) groups is 1. The number of nitrogens with zero attached hydrogens (tertiary/aromatic N) is 2. The van der Waals surface area contributed by atoms with Crippen LogP contribution in [0.15, 0.2) is 42.6 Å². The van der Waals surface area contributed by atoms with Crippen LogP contribution in [0, 0.1) is 5.82 Å². The molecule has 1 atom stereocenters. The Balaban J connectivity index is 1.98. The Hall–Kier alpha value is -1.88. The first-order chi connectivity index (χ1) is 10.8. The second-order valence-corrected chi connectivity index (χ2v) is 7.34. The largest absolute Gasteiger partial charge is 0.358 e. The third-order valence-corrected chi connectivity index (χ3v) is 4.30. The Morgan fingerprint density at radius 3 is 2.52 bits per heavy atom. The summed E-state index contributed by atoms with van der Waals surface area (Å²) in [6.45, 7) is 8.01. The van der Waals surface area contributed by atoms with Crippen molar-refractivity contribution in [2.75, 3.05) is 6.54 Å². The summed E-state index contributed by atoms with van der Waals surface area (Å²) >= 11 is 5.66. The van der Waals surface area contributed by atoms with E-state index in [0.29, 0.717) is 0 Å². The van der Waals surface area contributed by atoms with Gasteiger partial charge in [-0.15, -0.1) is 0 Å². The lowest BCUT2D eigenvalue weighted by atomic mass is 10.00. The number of rotatable bonds is 1. The van der Waals surface area contributed by atoms with E-state index in [2.05, 4.69) is 53.9 Å². The fourth-order valence-electron chi connectivity index (χ4n) is 2.99. The summed E-state index contributed by atoms with van der Waals surface area (Å²) in [5.41, 5.74) is 2.13. The number of halogens is 1. The maximum atomic E-state index is 13.3. The van der Waals surface area contributed by atoms with E-state index in [1.54, 1.807) is 0 Å². The SMILES string of the molecule is CC(C)(C)NC(=S)N1CCn2cccc2[C@@H]1c1ccc(F)cc1. The van der Waals surface area contributed by atoms with E-state index < -0.39 is 0 Å². The third kappa shape index (κ3) is 3.39. The summed E-state index contributed by atoms with van der Waals surface area (Å²) < 4.78 is 15.6. The van der Waals surface area contributed by atoms with E-state index in [0.717, 1.165) is 23.8 Å². The van der Waals surface area contributed by atoms with Crippen LogP contribution in [0.3, 0.4) is 0 Å². The number of benzene rings is 1. The molecule has 5 heteroatoms. The zero-order chi connectivity index (χ0) is 16.6. The molecule has 0 unspecified atom stereocenters. The Bertz CT molecular complexity index is 700. The Labute approximate surface area is 142 Å². The number of hydrogen-bond acceptors (Lipinski definition) is 1. The molecule has 2 heterocycles. The first-order valence-electron chi connectivity index (χ1n) is 7.84. The monoisotopic (exact) mass is 331 g/mol. The van der Waals surface area contributed by atoms with Crippen molar-refractivity contribution < 1.29 is 4.39 Å². The van der Waals surface area contributed by atoms with Gasteiger partial charge < -0.3 is 14.8 Å². The Morgan fingerprint density at radius 2 is 1.87 bits per heavy atom. The van der Waals surface area contributed by atoms with Crippen molar-refractivity contribution in [2.24, 2.45) is 0 Å². The van der Waals surface area contributed by atoms with Gasteiger partial charge in [0, 0.05) is 30.5 Å². The smallest absolute Gasteiger partial charge is 0.170 e. The molecule has 3 nitrogen and oxygen atoms in total. The maximum Gasteiger partial charge on any atom is 0.170 e. The molecule has 0 fully saturated rings. The predicted octanol–water partition coefficient (Wildman–Crippen LogP) is 3.71. The Kier molecular flexibility index (Phi) is 4.15. The van der Waals surface area contributed by atoms with Crippen LogP contribution in [-0.4, -0.2) is 26.7 Å². The van der Waals surface area contributed by atoms with E-state index in [9.17, 15) is 4.39 Å². The second-order valence-electron chi connectivity index (χ2n) is 6.95. The van der Waals surface area contributed by atoms with E-state index in [-0.39, 0.29) is 17.4 Å². The first kappa shape index (κ1) is 16.0. The average molecular weight is 331 g/mol. The van der Waals surface area contributed by atoms with Gasteiger partial charge in [-0.1, -0.05) is 12.1 Å². The van der Waals surface area contributed by atoms with Gasteiger partial charge in [-0.2, -0.15) is 0 Å². The normalized spacial score (nSPS) is 17.7. The molecule has 0 aliphatic carbocycles. The van der Waals surface area contributed by atoms with Crippen LogP contribution < -0.4 is 5.32 Å². The highest BCUT2D eigenvalue weighted by atomic mass is 32.1. The van der Waals surface area contributed by atoms with Gasteiger partial charge in [-0.05, 0) is 62.8 Å². The van der Waals surface area contributed by atoms with Gasteiger partial charge in [0.15, 0.2) is 5.11 Å². The highest BCUT2D eigenvalue weighted by Gasteiger charge is 2.31. The van der Waals surface area contributed by atoms with Crippen molar-refractivity contribution in [2.45, 2.75) is 38.9 Å². The van der Waals surface area contributed by atoms with Gasteiger partial charge in [0.25, 0.3) is 0 Å². The van der Waals surface area contributed by atoms with E-state index in [1.165, 1.54) is 17.8 Å². The van der Waals surface area contributed by atoms with E-state index in [4.69, 9.17) is 12.2 Å². The van der Waals surface area contributed by atoms with Crippen LogP contribution in [0.1, 0.15) is 38.1 Å². The molecule has 23 heavy (non-hydrogen) atoms. The van der Waals surface area contributed by atoms with Gasteiger partial charge in [0.1, 0.15) is 5.82 Å². The molecular weight excluding hydrogens is 309 g/mol. The zero-order valence-electron chi connectivity index (χ0n) is 13.7. The lowest BCUT2D eigenvalue weighted by molar-refractivity contribution is 0.278. The molecular formula is C18H22FN3S. The van der Waals surface area contributed by atoms with Crippen LogP contribution in [0.5, 0.6) is 0 Å². The lowest BCUT2D eigenvalue weighted by Crippen LogP contribution is -2.52. The van der Waals surface area contributed by atoms with Crippen LogP contribution in [0.25, 0.3) is 0 Å². The fourth-order valence-corrected chi connectivity index (χ4v) is 3.49. The molecule has 2 aromatic rings. The Morgan fingerprint density at radius 1 is 1.17 bits per heavy atom. The molecule has 3 rings (SSSR count). The molecule has 0 bridgehead atoms. The predicted molar refractivity (Wildman–Crippen MR) is 94.9 cm³/mol. The molecule has 1 aromatic carbocycles. The van der Waals surface area contributed by atoms with Crippen molar-refractivity contribution in [1.82, 2.24) is 14.8 Å². The molecule has 0 saturated carbocycles. The number of aromatic nitrogens is 1. The number of fused-ring (bicyclic) bond motifs is 1. The molecule has 1 N–H and O–H groups in total. The van der Waals surface area contributed by atoms with Crippen molar-refractivity contribution in [1.29, 1.82) is 0 Å². The minimum absolute atomic E-state index is 0.00157. The summed E-state index contributed by atoms with van der Waals surface area (Å²) in [6.07, 6.45) is 2.09. The van der Waals surface area contributed by atoms with Crippen molar-refractivity contribution in [3.8, 4) is 0 Å². The highest BCUT2D eigenvalue weighted by molar-refractivity contribution is 7.80. The van der Waals surface area contributed by atoms with Crippen molar-refractivity contribution >= 4 is 17.3 Å². The molecule has 1 aliphatic rings. The highest BCUT2D eigenvalue weighted by Crippen LogP contribution is 2.32. The average Bonchev–Trinajstić information content (AvgIpc) is 2.93. The van der Waals surface area contributed by atoms with Gasteiger partial charge in [-0.25, -0.2) is 4.39 Å². The van der Waals surface area contributed by atoms with Crippen LogP contribution in [0.2, 0.25) is 0 Å². The molecule has 1 aliphatic heterocycles. The minimum Gasteiger partial charge on any atom is -0.358 e. The van der Waals surface area contributed by atoms with Gasteiger partial charge in [0.2, 0.25) is 0 Å². The molecule has 0 radical (unpaired) electrons. The van der Waals surface area contributed by atoms with Crippen LogP contribution in [0.4, 0.5) is 4.39 Å². The van der Waals surface area contributed by atoms with Gasteiger partial charge in [-0.3, -0.25) is 0 Å². The summed E-state index contributed by atoms with van der Waals surface area (Å²) in [7, 11) is 0. The molecule has 0 spiro atoms. The lowest BCUT2D eigenvalue weighted by Gasteiger charge is -2.40. The van der Waals surface area contributed by atoms with E-state index in [1.807, 2.05) is 12.1 Å². The molecule has 0 saturated heterocycles. The standard InChI is InChI=1S/C18H22FN3S/c1-18(2,3)20-17(23)22-12-11-21-10-4-5-15(21)16(22)13-6-8-14(19)9-7-13/h4-10,16H,11-12H2,1-3H3,(H,20,23)/t16-/m0/s1. The van der Waals surface area contributed by atoms with Crippen molar-refractivity contribution in [3.05, 3.63) is 59.7 Å². The van der Waals surface area contributed by atoms with E-state index >= 15 is 0 Å². The van der Waals surface area contributed by atoms with Crippen LogP contribution >= 0.6 is 12.2 Å². The topological polar surface area (TPSA) is 20.2 Å². The second kappa shape index (κ2) is 5.96. The van der Waals surface area contributed by atoms with Gasteiger partial charge >= 0.3 is 0 Å². The summed E-state index contributed by atoms with van der Waals surface area (Å²) in [6, 6.07) is 10.9. The summed E-state index contributed by atoms with van der Waals surface area (Å²) in [4.78, 5) is 2.20. The maximum absolute atomic E-state index is 13.3. The van der Waals surface area contributed by atoms with Gasteiger partial charge in [0.05, 0.1) is 6.04 Å². The number of nitrogens with one attached hydrogen (secondary N) is 1.